The highest BCUT2D eigenvalue weighted by Crippen LogP contribution is 2.38. The van der Waals surface area contributed by atoms with Gasteiger partial charge in [-0.05, 0) is 87.3 Å². The molecule has 2 aromatic heterocycles. The number of rotatable bonds is 8. The van der Waals surface area contributed by atoms with Gasteiger partial charge in [-0.2, -0.15) is 11.3 Å². The van der Waals surface area contributed by atoms with Gasteiger partial charge in [-0.25, -0.2) is 4.98 Å². The number of benzene rings is 1. The lowest BCUT2D eigenvalue weighted by Gasteiger charge is -2.46. The molecule has 2 aliphatic rings. The minimum atomic E-state index is 0.0587. The normalized spacial score (nSPS) is 23.5. The van der Waals surface area contributed by atoms with Crippen LogP contribution in [0.2, 0.25) is 0 Å². The van der Waals surface area contributed by atoms with Crippen LogP contribution in [-0.2, 0) is 19.1 Å². The van der Waals surface area contributed by atoms with E-state index in [1.165, 1.54) is 11.1 Å². The number of hydrogen-bond acceptors (Lipinski definition) is 7. The minimum Gasteiger partial charge on any atom is -0.309 e. The van der Waals surface area contributed by atoms with Crippen LogP contribution in [0, 0.1) is 0 Å². The van der Waals surface area contributed by atoms with Crippen LogP contribution in [0.1, 0.15) is 69.4 Å². The molecule has 0 spiro atoms. The molecule has 2 aliphatic heterocycles. The van der Waals surface area contributed by atoms with Gasteiger partial charge in [-0.15, -0.1) is 0 Å². The molecule has 3 aromatic rings. The summed E-state index contributed by atoms with van der Waals surface area (Å²) >= 11 is 1.79. The molecule has 3 atom stereocenters. The first-order valence-corrected chi connectivity index (χ1v) is 15.6. The van der Waals surface area contributed by atoms with Crippen molar-refractivity contribution in [3.8, 4) is 0 Å². The van der Waals surface area contributed by atoms with Crippen LogP contribution in [0.4, 0.5) is 0 Å². The monoisotopic (exact) mass is 550 g/mol. The van der Waals surface area contributed by atoms with Gasteiger partial charge in [-0.1, -0.05) is 19.4 Å². The van der Waals surface area contributed by atoms with Gasteiger partial charge in [0.1, 0.15) is 5.82 Å². The second-order valence-electron chi connectivity index (χ2n) is 12.1. The lowest BCUT2D eigenvalue weighted by molar-refractivity contribution is 0.0511. The number of nitrogens with zero attached hydrogens (tertiary/aromatic N) is 5. The average molecular weight is 551 g/mol. The Morgan fingerprint density at radius 3 is 2.49 bits per heavy atom. The zero-order valence-electron chi connectivity index (χ0n) is 24.6. The molecular weight excluding hydrogens is 504 g/mol. The van der Waals surface area contributed by atoms with E-state index in [4.69, 9.17) is 4.98 Å². The van der Waals surface area contributed by atoms with Crippen molar-refractivity contribution in [1.29, 1.82) is 0 Å². The molecule has 0 aliphatic carbocycles. The summed E-state index contributed by atoms with van der Waals surface area (Å²) in [4.78, 5) is 26.2. The van der Waals surface area contributed by atoms with Crippen molar-refractivity contribution < 1.29 is 0 Å². The first kappa shape index (κ1) is 28.4. The highest BCUT2D eigenvalue weighted by molar-refractivity contribution is 7.08. The summed E-state index contributed by atoms with van der Waals surface area (Å²) in [5.74, 6) is 0.900. The number of aromatic nitrogens is 2. The highest BCUT2D eigenvalue weighted by Gasteiger charge is 2.38. The third-order valence-corrected chi connectivity index (χ3v) is 9.75. The maximum absolute atomic E-state index is 13.5. The second kappa shape index (κ2) is 11.8. The third-order valence-electron chi connectivity index (χ3n) is 9.07. The third kappa shape index (κ3) is 5.72. The molecule has 0 amide bonds. The van der Waals surface area contributed by atoms with Crippen LogP contribution < -0.4 is 10.9 Å². The van der Waals surface area contributed by atoms with Crippen molar-refractivity contribution in [2.45, 2.75) is 76.7 Å². The van der Waals surface area contributed by atoms with Gasteiger partial charge < -0.3 is 5.32 Å². The molecule has 0 bridgehead atoms. The summed E-state index contributed by atoms with van der Waals surface area (Å²) in [5.41, 5.74) is 3.70. The standard InChI is InChI=1S/C31H46N6OS/c1-7-8-28(37-18-22(2)32-23(3)19-37)29-33-27-17-24(9-10-26(27)30(38)35(29)6)20-36-14-12-31(13-15-36,34(4)5)25-11-16-39-21-25/h9-11,16-17,21-23,28,32H,7-8,12-15,18-20H2,1-6H3/t22-,23+,28?. The summed E-state index contributed by atoms with van der Waals surface area (Å²) in [6.45, 7) is 11.7. The molecule has 0 radical (unpaired) electrons. The van der Waals surface area contributed by atoms with Crippen LogP contribution in [-0.4, -0.2) is 76.6 Å². The number of piperazine rings is 1. The fourth-order valence-electron chi connectivity index (χ4n) is 6.96. The van der Waals surface area contributed by atoms with Crippen molar-refractivity contribution in [1.82, 2.24) is 29.6 Å². The maximum Gasteiger partial charge on any atom is 0.261 e. The molecule has 212 valence electrons. The van der Waals surface area contributed by atoms with Gasteiger partial charge in [0.2, 0.25) is 0 Å². The van der Waals surface area contributed by atoms with Crippen LogP contribution >= 0.6 is 11.3 Å². The number of fused-ring (bicyclic) bond motifs is 1. The Labute approximate surface area is 237 Å². The summed E-state index contributed by atoms with van der Waals surface area (Å²) in [7, 11) is 6.33. The Balaban J connectivity index is 1.39. The van der Waals surface area contributed by atoms with E-state index in [1.807, 2.05) is 13.1 Å². The van der Waals surface area contributed by atoms with Crippen molar-refractivity contribution in [2.24, 2.45) is 7.05 Å². The highest BCUT2D eigenvalue weighted by atomic mass is 32.1. The molecule has 7 nitrogen and oxygen atoms in total. The van der Waals surface area contributed by atoms with E-state index in [-0.39, 0.29) is 17.1 Å². The number of hydrogen-bond donors (Lipinski definition) is 1. The van der Waals surface area contributed by atoms with E-state index in [9.17, 15) is 4.79 Å². The van der Waals surface area contributed by atoms with Gasteiger partial charge in [0.25, 0.3) is 5.56 Å². The average Bonchev–Trinajstić information content (AvgIpc) is 3.45. The van der Waals surface area contributed by atoms with Gasteiger partial charge in [0.05, 0.1) is 16.9 Å². The zero-order valence-corrected chi connectivity index (χ0v) is 25.4. The van der Waals surface area contributed by atoms with Gasteiger partial charge >= 0.3 is 0 Å². The summed E-state index contributed by atoms with van der Waals surface area (Å²) in [6.07, 6.45) is 4.29. The first-order valence-electron chi connectivity index (χ1n) is 14.6. The SMILES string of the molecule is CCCC(c1nc2cc(CN3CCC(c4ccsc4)(N(C)C)CC3)ccc2c(=O)n1C)N1C[C@@H](C)N[C@@H](C)C1. The topological polar surface area (TPSA) is 56.6 Å². The lowest BCUT2D eigenvalue weighted by Crippen LogP contribution is -2.55. The van der Waals surface area contributed by atoms with Crippen LogP contribution in [0.3, 0.4) is 0 Å². The van der Waals surface area contributed by atoms with Crippen LogP contribution in [0.5, 0.6) is 0 Å². The molecule has 2 fully saturated rings. The van der Waals surface area contributed by atoms with Crippen LogP contribution in [0.25, 0.3) is 10.9 Å². The van der Waals surface area contributed by atoms with Crippen molar-refractivity contribution in [2.75, 3.05) is 40.3 Å². The largest absolute Gasteiger partial charge is 0.309 e. The molecule has 5 rings (SSSR count). The van der Waals surface area contributed by atoms with Crippen molar-refractivity contribution in [3.05, 3.63) is 62.3 Å². The Bertz CT molecular complexity index is 1300. The predicted molar refractivity (Wildman–Crippen MR) is 162 cm³/mol. The molecule has 39 heavy (non-hydrogen) atoms. The summed E-state index contributed by atoms with van der Waals surface area (Å²) < 4.78 is 1.80. The van der Waals surface area contributed by atoms with E-state index < -0.39 is 0 Å². The van der Waals surface area contributed by atoms with E-state index in [1.54, 1.807) is 15.9 Å². The Hall–Kier alpha value is -2.10. The summed E-state index contributed by atoms with van der Waals surface area (Å²) in [6, 6.07) is 9.57. The van der Waals surface area contributed by atoms with E-state index in [0.29, 0.717) is 17.5 Å². The predicted octanol–water partition coefficient (Wildman–Crippen LogP) is 4.57. The summed E-state index contributed by atoms with van der Waals surface area (Å²) in [5, 5.41) is 8.87. The van der Waals surface area contributed by atoms with Gasteiger partial charge in [0.15, 0.2) is 0 Å². The fourth-order valence-corrected chi connectivity index (χ4v) is 7.71. The van der Waals surface area contributed by atoms with E-state index >= 15 is 0 Å². The van der Waals surface area contributed by atoms with E-state index in [0.717, 1.165) is 69.7 Å². The molecule has 8 heteroatoms. The molecule has 1 unspecified atom stereocenters. The Morgan fingerprint density at radius 1 is 1.15 bits per heavy atom. The smallest absolute Gasteiger partial charge is 0.261 e. The number of piperidine rings is 1. The molecule has 0 saturated carbocycles. The molecule has 1 aromatic carbocycles. The number of likely N-dealkylation sites (tertiary alicyclic amines) is 1. The molecular formula is C31H46N6OS. The molecule has 2 saturated heterocycles. The van der Waals surface area contributed by atoms with Crippen molar-refractivity contribution >= 4 is 22.2 Å². The fraction of sp³-hybridized carbons (Fsp3) is 0.613. The number of thiophene rings is 1. The zero-order chi connectivity index (χ0) is 27.7. The Kier molecular flexibility index (Phi) is 8.59. The minimum absolute atomic E-state index is 0.0587. The Morgan fingerprint density at radius 2 is 1.87 bits per heavy atom. The van der Waals surface area contributed by atoms with Crippen LogP contribution in [0.15, 0.2) is 39.8 Å². The quantitative estimate of drug-likeness (QED) is 0.444. The molecule has 1 N–H and O–H groups in total. The lowest BCUT2D eigenvalue weighted by atomic mass is 9.81. The number of nitrogens with one attached hydrogen (secondary N) is 1. The first-order chi connectivity index (χ1) is 18.7. The van der Waals surface area contributed by atoms with E-state index in [2.05, 4.69) is 83.8 Å². The molecule has 4 heterocycles. The van der Waals surface area contributed by atoms with Gasteiger partial charge in [-0.3, -0.25) is 24.1 Å². The second-order valence-corrected chi connectivity index (χ2v) is 12.9. The van der Waals surface area contributed by atoms with Gasteiger partial charge in [0, 0.05) is 57.4 Å². The van der Waals surface area contributed by atoms with Crippen molar-refractivity contribution in [3.63, 3.8) is 0 Å². The maximum atomic E-state index is 13.5.